The van der Waals surface area contributed by atoms with Crippen LogP contribution in [0.1, 0.15) is 36.5 Å². The first kappa shape index (κ1) is 13.1. The zero-order chi connectivity index (χ0) is 13.1. The summed E-state index contributed by atoms with van der Waals surface area (Å²) in [5.41, 5.74) is 2.73. The van der Waals surface area contributed by atoms with Gasteiger partial charge >= 0.3 is 0 Å². The van der Waals surface area contributed by atoms with Gasteiger partial charge in [-0.05, 0) is 36.8 Å². The topological polar surface area (TPSA) is 30.5 Å². The maximum Gasteiger partial charge on any atom is 0.0983 e. The first-order valence-corrected chi connectivity index (χ1v) is 7.33. The van der Waals surface area contributed by atoms with E-state index in [1.165, 1.54) is 24.0 Å². The maximum absolute atomic E-state index is 6.02. The van der Waals surface area contributed by atoms with Crippen LogP contribution in [0.25, 0.3) is 0 Å². The summed E-state index contributed by atoms with van der Waals surface area (Å²) in [6.45, 7) is 1.89. The number of hydrogen-bond acceptors (Lipinski definition) is 3. The molecular formula is C16H23NO2. The molecule has 2 heterocycles. The first-order chi connectivity index (χ1) is 9.36. The van der Waals surface area contributed by atoms with E-state index in [2.05, 4.69) is 29.6 Å². The molecule has 19 heavy (non-hydrogen) atoms. The maximum atomic E-state index is 6.02. The van der Waals surface area contributed by atoms with Crippen molar-refractivity contribution >= 4 is 0 Å². The van der Waals surface area contributed by atoms with Crippen LogP contribution in [0.15, 0.2) is 24.3 Å². The Morgan fingerprint density at radius 2 is 2.11 bits per heavy atom. The Hall–Kier alpha value is -0.900. The van der Waals surface area contributed by atoms with Crippen molar-refractivity contribution in [2.24, 2.45) is 0 Å². The minimum absolute atomic E-state index is 0.265. The van der Waals surface area contributed by atoms with E-state index in [4.69, 9.17) is 9.47 Å². The van der Waals surface area contributed by atoms with Crippen LogP contribution >= 0.6 is 0 Å². The zero-order valence-electron chi connectivity index (χ0n) is 11.6. The average Bonchev–Trinajstić information content (AvgIpc) is 3.07. The molecule has 3 heteroatoms. The molecule has 2 aliphatic rings. The van der Waals surface area contributed by atoms with Gasteiger partial charge in [0, 0.05) is 26.3 Å². The van der Waals surface area contributed by atoms with E-state index in [1.807, 2.05) is 0 Å². The Labute approximate surface area is 115 Å². The second kappa shape index (κ2) is 6.04. The molecule has 2 fully saturated rings. The molecule has 0 aromatic heterocycles. The molecule has 2 saturated heterocycles. The second-order valence-corrected chi connectivity index (χ2v) is 5.62. The molecule has 0 amide bonds. The van der Waals surface area contributed by atoms with Gasteiger partial charge in [-0.2, -0.15) is 0 Å². The predicted molar refractivity (Wildman–Crippen MR) is 75.3 cm³/mol. The van der Waals surface area contributed by atoms with Gasteiger partial charge in [-0.3, -0.25) is 0 Å². The van der Waals surface area contributed by atoms with Gasteiger partial charge in [0.15, 0.2) is 0 Å². The normalized spacial score (nSPS) is 29.0. The van der Waals surface area contributed by atoms with E-state index in [0.717, 1.165) is 26.0 Å². The molecule has 1 aromatic rings. The summed E-state index contributed by atoms with van der Waals surface area (Å²) in [4.78, 5) is 0. The lowest BCUT2D eigenvalue weighted by Crippen LogP contribution is -2.33. The van der Waals surface area contributed by atoms with E-state index in [9.17, 15) is 0 Å². The van der Waals surface area contributed by atoms with Crippen LogP contribution in [0.3, 0.4) is 0 Å². The molecule has 2 bridgehead atoms. The predicted octanol–water partition coefficient (Wildman–Crippen LogP) is 2.46. The summed E-state index contributed by atoms with van der Waals surface area (Å²) in [6.07, 6.45) is 5.34. The van der Waals surface area contributed by atoms with Crippen molar-refractivity contribution in [2.75, 3.05) is 20.3 Å². The highest BCUT2D eigenvalue weighted by Crippen LogP contribution is 2.36. The molecule has 0 spiro atoms. The Kier molecular flexibility index (Phi) is 4.16. The number of benzene rings is 1. The lowest BCUT2D eigenvalue weighted by Gasteiger charge is -2.23. The van der Waals surface area contributed by atoms with Crippen molar-refractivity contribution in [3.8, 4) is 0 Å². The van der Waals surface area contributed by atoms with Gasteiger partial charge in [-0.1, -0.05) is 24.3 Å². The van der Waals surface area contributed by atoms with E-state index in [-0.39, 0.29) is 6.10 Å². The van der Waals surface area contributed by atoms with E-state index in [1.54, 1.807) is 7.11 Å². The fourth-order valence-electron chi connectivity index (χ4n) is 3.13. The lowest BCUT2D eigenvalue weighted by molar-refractivity contribution is 0.0160. The number of unbranched alkanes of at least 4 members (excludes halogenated alkanes) is 1. The summed E-state index contributed by atoms with van der Waals surface area (Å²) in [7, 11) is 1.76. The van der Waals surface area contributed by atoms with Crippen LogP contribution < -0.4 is 5.32 Å². The molecule has 104 valence electrons. The molecule has 0 unspecified atom stereocenters. The summed E-state index contributed by atoms with van der Waals surface area (Å²) in [5, 5.41) is 3.53. The quantitative estimate of drug-likeness (QED) is 0.798. The van der Waals surface area contributed by atoms with Gasteiger partial charge in [0.2, 0.25) is 0 Å². The number of ether oxygens (including phenoxy) is 2. The highest BCUT2D eigenvalue weighted by molar-refractivity contribution is 5.26. The lowest BCUT2D eigenvalue weighted by atomic mass is 10.00. The average molecular weight is 261 g/mol. The Balaban J connectivity index is 1.54. The number of nitrogens with one attached hydrogen (secondary N) is 1. The van der Waals surface area contributed by atoms with Crippen molar-refractivity contribution in [3.05, 3.63) is 35.4 Å². The highest BCUT2D eigenvalue weighted by Gasteiger charge is 2.40. The summed E-state index contributed by atoms with van der Waals surface area (Å²) < 4.78 is 11.1. The number of fused-ring (bicyclic) bond motifs is 2. The molecule has 1 aromatic carbocycles. The van der Waals surface area contributed by atoms with Crippen molar-refractivity contribution in [2.45, 2.75) is 43.9 Å². The largest absolute Gasteiger partial charge is 0.385 e. The number of hydrogen-bond donors (Lipinski definition) is 1. The monoisotopic (exact) mass is 261 g/mol. The van der Waals surface area contributed by atoms with Gasteiger partial charge in [0.05, 0.1) is 12.2 Å². The molecule has 3 rings (SSSR count). The third kappa shape index (κ3) is 2.99. The van der Waals surface area contributed by atoms with E-state index >= 15 is 0 Å². The molecule has 0 radical (unpaired) electrons. The fraction of sp³-hybridized carbons (Fsp3) is 0.625. The number of rotatable bonds is 6. The number of morpholine rings is 1. The Morgan fingerprint density at radius 3 is 2.74 bits per heavy atom. The van der Waals surface area contributed by atoms with Crippen LogP contribution in [0.2, 0.25) is 0 Å². The van der Waals surface area contributed by atoms with Crippen molar-refractivity contribution in [1.82, 2.24) is 5.32 Å². The number of aryl methyl sites for hydroxylation is 1. The van der Waals surface area contributed by atoms with Crippen LogP contribution in [0.5, 0.6) is 0 Å². The van der Waals surface area contributed by atoms with Crippen LogP contribution in [0, 0.1) is 0 Å². The minimum Gasteiger partial charge on any atom is -0.385 e. The van der Waals surface area contributed by atoms with Crippen molar-refractivity contribution < 1.29 is 9.47 Å². The molecule has 0 aliphatic carbocycles. The van der Waals surface area contributed by atoms with E-state index < -0.39 is 0 Å². The SMILES string of the molecule is COCCCCc1ccc([C@H]2O[C@@H]3CN[C@H]2C3)cc1. The summed E-state index contributed by atoms with van der Waals surface area (Å²) in [6, 6.07) is 9.49. The Bertz CT molecular complexity index is 404. The minimum atomic E-state index is 0.265. The third-order valence-electron chi connectivity index (χ3n) is 4.20. The summed E-state index contributed by atoms with van der Waals surface area (Å²) in [5.74, 6) is 0. The van der Waals surface area contributed by atoms with Crippen molar-refractivity contribution in [3.63, 3.8) is 0 Å². The third-order valence-corrected chi connectivity index (χ3v) is 4.20. The van der Waals surface area contributed by atoms with Gasteiger partial charge in [0.25, 0.3) is 0 Å². The zero-order valence-corrected chi connectivity index (χ0v) is 11.6. The smallest absolute Gasteiger partial charge is 0.0983 e. The highest BCUT2D eigenvalue weighted by atomic mass is 16.5. The molecular weight excluding hydrogens is 238 g/mol. The molecule has 3 atom stereocenters. The van der Waals surface area contributed by atoms with E-state index in [0.29, 0.717) is 12.1 Å². The van der Waals surface area contributed by atoms with Crippen LogP contribution in [-0.2, 0) is 15.9 Å². The molecule has 3 nitrogen and oxygen atoms in total. The van der Waals surface area contributed by atoms with Gasteiger partial charge in [-0.15, -0.1) is 0 Å². The molecule has 1 N–H and O–H groups in total. The van der Waals surface area contributed by atoms with Gasteiger partial charge < -0.3 is 14.8 Å². The number of methoxy groups -OCH3 is 1. The van der Waals surface area contributed by atoms with Gasteiger partial charge in [0.1, 0.15) is 0 Å². The molecule has 0 saturated carbocycles. The van der Waals surface area contributed by atoms with Gasteiger partial charge in [-0.25, -0.2) is 0 Å². The molecule has 2 aliphatic heterocycles. The van der Waals surface area contributed by atoms with Crippen molar-refractivity contribution in [1.29, 1.82) is 0 Å². The second-order valence-electron chi connectivity index (χ2n) is 5.62. The first-order valence-electron chi connectivity index (χ1n) is 7.33. The van der Waals surface area contributed by atoms with Crippen LogP contribution in [0.4, 0.5) is 0 Å². The Morgan fingerprint density at radius 1 is 1.26 bits per heavy atom. The summed E-state index contributed by atoms with van der Waals surface area (Å²) >= 11 is 0. The standard InChI is InChI=1S/C16H23NO2/c1-18-9-3-2-4-12-5-7-13(8-6-12)16-15-10-14(19-16)11-17-15/h5-8,14-17H,2-4,9-11H2,1H3/t14-,15-,16+/m0/s1. The fourth-order valence-corrected chi connectivity index (χ4v) is 3.13. The van der Waals surface area contributed by atoms with Crippen LogP contribution in [-0.4, -0.2) is 32.4 Å².